The highest BCUT2D eigenvalue weighted by Gasteiger charge is 2.40. The van der Waals surface area contributed by atoms with Gasteiger partial charge in [-0.3, -0.25) is 0 Å². The molecule has 0 unspecified atom stereocenters. The maximum atomic E-state index is 12.1. The number of hydrogen-bond donors (Lipinski definition) is 0. The number of rotatable bonds is 7. The molecule has 0 saturated heterocycles. The summed E-state index contributed by atoms with van der Waals surface area (Å²) in [5.74, 6) is -0.675. The fourth-order valence-electron chi connectivity index (χ4n) is 4.87. The maximum Gasteiger partial charge on any atom is 0.330 e. The van der Waals surface area contributed by atoms with Gasteiger partial charge in [0.15, 0.2) is 0 Å². The minimum absolute atomic E-state index is 0.338. The third kappa shape index (κ3) is 7.10. The van der Waals surface area contributed by atoms with Gasteiger partial charge in [-0.2, -0.15) is 0 Å². The summed E-state index contributed by atoms with van der Waals surface area (Å²) in [4.78, 5) is 24.2. The van der Waals surface area contributed by atoms with Crippen molar-refractivity contribution in [1.29, 1.82) is 0 Å². The van der Waals surface area contributed by atoms with E-state index in [2.05, 4.69) is 13.2 Å². The van der Waals surface area contributed by atoms with Crippen LogP contribution in [-0.2, 0) is 19.1 Å². The number of carbonyl (C=O) groups is 2. The minimum atomic E-state index is -0.457. The molecular weight excluding hydrogens is 352 g/mol. The van der Waals surface area contributed by atoms with E-state index in [0.29, 0.717) is 0 Å². The standard InChI is InChI=1S/C24H38O4/c1-3-21(25)27-23(15-11-7-5-8-12-16-23)19-20-24(28-22(26)4-2)17-13-9-6-10-14-18-24/h3-4H,1-2,5-20H2. The Balaban J connectivity index is 2.17. The Morgan fingerprint density at radius 3 is 1.18 bits per heavy atom. The van der Waals surface area contributed by atoms with E-state index in [1.165, 1.54) is 50.7 Å². The molecule has 0 amide bonds. The fraction of sp³-hybridized carbons (Fsp3) is 0.750. The Morgan fingerprint density at radius 2 is 0.893 bits per heavy atom. The van der Waals surface area contributed by atoms with Gasteiger partial charge in [0.05, 0.1) is 0 Å². The summed E-state index contributed by atoms with van der Waals surface area (Å²) in [6.07, 6.45) is 19.1. The predicted molar refractivity (Wildman–Crippen MR) is 112 cm³/mol. The van der Waals surface area contributed by atoms with Gasteiger partial charge >= 0.3 is 11.9 Å². The lowest BCUT2D eigenvalue weighted by atomic mass is 9.77. The van der Waals surface area contributed by atoms with E-state index in [0.717, 1.165) is 64.2 Å². The molecule has 4 heteroatoms. The molecule has 0 aromatic rings. The highest BCUT2D eigenvalue weighted by molar-refractivity contribution is 5.82. The largest absolute Gasteiger partial charge is 0.456 e. The van der Waals surface area contributed by atoms with Crippen LogP contribution < -0.4 is 0 Å². The second-order valence-electron chi connectivity index (χ2n) is 8.65. The Hall–Kier alpha value is -1.58. The smallest absolute Gasteiger partial charge is 0.330 e. The van der Waals surface area contributed by atoms with Crippen molar-refractivity contribution in [1.82, 2.24) is 0 Å². The molecule has 2 rings (SSSR count). The molecule has 0 heterocycles. The molecule has 2 fully saturated rings. The zero-order valence-electron chi connectivity index (χ0n) is 17.5. The van der Waals surface area contributed by atoms with Crippen LogP contribution in [0.25, 0.3) is 0 Å². The summed E-state index contributed by atoms with van der Waals surface area (Å²) < 4.78 is 11.9. The lowest BCUT2D eigenvalue weighted by Crippen LogP contribution is -2.41. The maximum absolute atomic E-state index is 12.1. The SMILES string of the molecule is C=CC(=O)OC1(CCC2(OC(=O)C=C)CCCCCCC2)CCCCCCC1. The average molecular weight is 391 g/mol. The summed E-state index contributed by atoms with van der Waals surface area (Å²) in [6.45, 7) is 7.16. The van der Waals surface area contributed by atoms with Crippen LogP contribution in [-0.4, -0.2) is 23.1 Å². The summed E-state index contributed by atoms with van der Waals surface area (Å²) in [7, 11) is 0. The predicted octanol–water partition coefficient (Wildman–Crippen LogP) is 6.19. The molecule has 0 radical (unpaired) electrons. The Labute approximate surface area is 170 Å². The Morgan fingerprint density at radius 1 is 0.607 bits per heavy atom. The van der Waals surface area contributed by atoms with Crippen molar-refractivity contribution in [3.05, 3.63) is 25.3 Å². The van der Waals surface area contributed by atoms with E-state index >= 15 is 0 Å². The molecule has 0 aromatic carbocycles. The monoisotopic (exact) mass is 390 g/mol. The zero-order valence-corrected chi connectivity index (χ0v) is 17.5. The highest BCUT2D eigenvalue weighted by Crippen LogP contribution is 2.40. The number of ether oxygens (including phenoxy) is 2. The lowest BCUT2D eigenvalue weighted by molar-refractivity contribution is -0.166. The van der Waals surface area contributed by atoms with Crippen molar-refractivity contribution in [2.45, 2.75) is 114 Å². The Bertz CT molecular complexity index is 473. The van der Waals surface area contributed by atoms with E-state index in [1.54, 1.807) is 0 Å². The van der Waals surface area contributed by atoms with Crippen molar-refractivity contribution in [3.8, 4) is 0 Å². The molecule has 28 heavy (non-hydrogen) atoms. The minimum Gasteiger partial charge on any atom is -0.456 e. The highest BCUT2D eigenvalue weighted by atomic mass is 16.6. The molecule has 158 valence electrons. The fourth-order valence-corrected chi connectivity index (χ4v) is 4.87. The molecule has 2 aliphatic rings. The summed E-state index contributed by atoms with van der Waals surface area (Å²) in [6, 6.07) is 0. The van der Waals surface area contributed by atoms with Crippen LogP contribution >= 0.6 is 0 Å². The molecule has 0 aromatic heterocycles. The second-order valence-corrected chi connectivity index (χ2v) is 8.65. The van der Waals surface area contributed by atoms with E-state index in [4.69, 9.17) is 9.47 Å². The molecule has 2 aliphatic carbocycles. The van der Waals surface area contributed by atoms with Gasteiger partial charge in [-0.05, 0) is 64.2 Å². The van der Waals surface area contributed by atoms with E-state index < -0.39 is 11.2 Å². The molecule has 2 saturated carbocycles. The Kier molecular flexibility index (Phi) is 9.27. The van der Waals surface area contributed by atoms with Crippen LogP contribution in [0, 0.1) is 0 Å². The summed E-state index contributed by atoms with van der Waals surface area (Å²) in [5, 5.41) is 0. The molecule has 0 atom stereocenters. The van der Waals surface area contributed by atoms with Crippen molar-refractivity contribution in [2.24, 2.45) is 0 Å². The van der Waals surface area contributed by atoms with Crippen molar-refractivity contribution < 1.29 is 19.1 Å². The van der Waals surface area contributed by atoms with Crippen LogP contribution in [0.15, 0.2) is 25.3 Å². The van der Waals surface area contributed by atoms with Gasteiger partial charge in [-0.1, -0.05) is 51.7 Å². The third-order valence-corrected chi connectivity index (χ3v) is 6.53. The summed E-state index contributed by atoms with van der Waals surface area (Å²) >= 11 is 0. The number of carbonyl (C=O) groups excluding carboxylic acids is 2. The molecule has 0 spiro atoms. The molecule has 0 bridgehead atoms. The van der Waals surface area contributed by atoms with Gasteiger partial charge in [-0.15, -0.1) is 0 Å². The van der Waals surface area contributed by atoms with Gasteiger partial charge in [0.25, 0.3) is 0 Å². The first kappa shape index (κ1) is 22.7. The third-order valence-electron chi connectivity index (χ3n) is 6.53. The van der Waals surface area contributed by atoms with Gasteiger partial charge in [-0.25, -0.2) is 9.59 Å². The van der Waals surface area contributed by atoms with Crippen LogP contribution in [0.5, 0.6) is 0 Å². The average Bonchev–Trinajstić information content (AvgIpc) is 2.65. The molecule has 4 nitrogen and oxygen atoms in total. The summed E-state index contributed by atoms with van der Waals surface area (Å²) in [5.41, 5.74) is -0.913. The van der Waals surface area contributed by atoms with Crippen LogP contribution in [0.1, 0.15) is 103 Å². The van der Waals surface area contributed by atoms with Crippen molar-refractivity contribution >= 4 is 11.9 Å². The number of hydrogen-bond acceptors (Lipinski definition) is 4. The quantitative estimate of drug-likeness (QED) is 0.384. The lowest BCUT2D eigenvalue weighted by Gasteiger charge is -2.40. The van der Waals surface area contributed by atoms with Crippen molar-refractivity contribution in [2.75, 3.05) is 0 Å². The first-order chi connectivity index (χ1) is 13.5. The molecule has 0 aliphatic heterocycles. The van der Waals surface area contributed by atoms with Crippen molar-refractivity contribution in [3.63, 3.8) is 0 Å². The van der Waals surface area contributed by atoms with Gasteiger partial charge < -0.3 is 9.47 Å². The van der Waals surface area contributed by atoms with E-state index in [1.807, 2.05) is 0 Å². The van der Waals surface area contributed by atoms with Gasteiger partial charge in [0.2, 0.25) is 0 Å². The van der Waals surface area contributed by atoms with Crippen LogP contribution in [0.2, 0.25) is 0 Å². The molecule has 0 N–H and O–H groups in total. The van der Waals surface area contributed by atoms with Crippen LogP contribution in [0.3, 0.4) is 0 Å². The van der Waals surface area contributed by atoms with Gasteiger partial charge in [0.1, 0.15) is 11.2 Å². The second kappa shape index (κ2) is 11.4. The molecular formula is C24H38O4. The van der Waals surface area contributed by atoms with Gasteiger partial charge in [0, 0.05) is 12.2 Å². The van der Waals surface area contributed by atoms with Crippen LogP contribution in [0.4, 0.5) is 0 Å². The van der Waals surface area contributed by atoms with E-state index in [9.17, 15) is 9.59 Å². The first-order valence-electron chi connectivity index (χ1n) is 11.2. The topological polar surface area (TPSA) is 52.6 Å². The van der Waals surface area contributed by atoms with E-state index in [-0.39, 0.29) is 11.9 Å². The number of esters is 2. The zero-order chi connectivity index (χ0) is 20.3. The normalized spacial score (nSPS) is 22.4. The first-order valence-corrected chi connectivity index (χ1v) is 11.2.